The molecule has 0 saturated carbocycles. The van der Waals surface area contributed by atoms with Crippen molar-refractivity contribution >= 4 is 0 Å². The first-order valence-electron chi connectivity index (χ1n) is 9.93. The van der Waals surface area contributed by atoms with Crippen molar-refractivity contribution in [3.05, 3.63) is 0 Å². The van der Waals surface area contributed by atoms with Gasteiger partial charge in [-0.3, -0.25) is 0 Å². The molecule has 3 atom stereocenters. The van der Waals surface area contributed by atoms with Crippen LogP contribution in [-0.4, -0.2) is 12.2 Å². The van der Waals surface area contributed by atoms with Gasteiger partial charge in [0.05, 0.1) is 12.2 Å². The lowest BCUT2D eigenvalue weighted by Crippen LogP contribution is -1.97. The molecule has 126 valence electrons. The number of ether oxygens (including phenoxy) is 1. The summed E-state index contributed by atoms with van der Waals surface area (Å²) in [6, 6.07) is 0. The first-order chi connectivity index (χ1) is 10.3. The highest BCUT2D eigenvalue weighted by Crippen LogP contribution is 2.32. The van der Waals surface area contributed by atoms with Crippen LogP contribution in [0.15, 0.2) is 0 Å². The van der Waals surface area contributed by atoms with Gasteiger partial charge in [0.25, 0.3) is 0 Å². The molecule has 1 rings (SSSR count). The van der Waals surface area contributed by atoms with Gasteiger partial charge in [-0.2, -0.15) is 0 Å². The van der Waals surface area contributed by atoms with Gasteiger partial charge >= 0.3 is 0 Å². The van der Waals surface area contributed by atoms with Crippen LogP contribution in [0.1, 0.15) is 111 Å². The van der Waals surface area contributed by atoms with Gasteiger partial charge in [0, 0.05) is 0 Å². The van der Waals surface area contributed by atoms with Crippen molar-refractivity contribution in [1.29, 1.82) is 0 Å². The first kappa shape index (κ1) is 19.0. The van der Waals surface area contributed by atoms with Gasteiger partial charge < -0.3 is 4.74 Å². The topological polar surface area (TPSA) is 12.5 Å². The predicted octanol–water partition coefficient (Wildman–Crippen LogP) is 6.89. The van der Waals surface area contributed by atoms with Crippen molar-refractivity contribution in [1.82, 2.24) is 0 Å². The van der Waals surface area contributed by atoms with Crippen LogP contribution in [0.2, 0.25) is 0 Å². The minimum absolute atomic E-state index is 0.628. The van der Waals surface area contributed by atoms with E-state index in [0.717, 1.165) is 5.92 Å². The van der Waals surface area contributed by atoms with Gasteiger partial charge in [-0.25, -0.2) is 0 Å². The third kappa shape index (κ3) is 10.3. The maximum Gasteiger partial charge on any atom is 0.0841 e. The summed E-state index contributed by atoms with van der Waals surface area (Å²) >= 11 is 0. The molecule has 0 aromatic carbocycles. The minimum Gasteiger partial charge on any atom is -0.370 e. The molecule has 1 heteroatoms. The highest BCUT2D eigenvalue weighted by molar-refractivity contribution is 4.84. The summed E-state index contributed by atoms with van der Waals surface area (Å²) in [5.74, 6) is 0.902. The van der Waals surface area contributed by atoms with E-state index in [1.54, 1.807) is 0 Å². The Morgan fingerprint density at radius 3 is 1.81 bits per heavy atom. The van der Waals surface area contributed by atoms with Gasteiger partial charge in [0.2, 0.25) is 0 Å². The first-order valence-corrected chi connectivity index (χ1v) is 9.93. The molecule has 21 heavy (non-hydrogen) atoms. The molecule has 1 fully saturated rings. The fraction of sp³-hybridized carbons (Fsp3) is 1.00. The van der Waals surface area contributed by atoms with Crippen LogP contribution < -0.4 is 0 Å². The minimum atomic E-state index is 0.628. The Balaban J connectivity index is 1.77. The zero-order valence-electron chi connectivity index (χ0n) is 15.0. The second kappa shape index (κ2) is 12.5. The molecule has 1 saturated heterocycles. The van der Waals surface area contributed by atoms with Crippen LogP contribution in [0.4, 0.5) is 0 Å². The van der Waals surface area contributed by atoms with E-state index >= 15 is 0 Å². The van der Waals surface area contributed by atoms with Crippen molar-refractivity contribution in [3.63, 3.8) is 0 Å². The van der Waals surface area contributed by atoms with Crippen molar-refractivity contribution < 1.29 is 4.74 Å². The molecule has 3 unspecified atom stereocenters. The summed E-state index contributed by atoms with van der Waals surface area (Å²) in [7, 11) is 0. The highest BCUT2D eigenvalue weighted by atomic mass is 16.6. The van der Waals surface area contributed by atoms with Crippen molar-refractivity contribution in [2.24, 2.45) is 5.92 Å². The molecule has 0 N–H and O–H groups in total. The van der Waals surface area contributed by atoms with Crippen LogP contribution in [0.25, 0.3) is 0 Å². The van der Waals surface area contributed by atoms with Crippen molar-refractivity contribution in [3.8, 4) is 0 Å². The molecule has 1 aliphatic heterocycles. The quantitative estimate of drug-likeness (QED) is 0.237. The monoisotopic (exact) mass is 296 g/mol. The summed E-state index contributed by atoms with van der Waals surface area (Å²) in [6.45, 7) is 6.95. The maximum atomic E-state index is 5.80. The molecular formula is C20H40O. The van der Waals surface area contributed by atoms with Crippen LogP contribution in [-0.2, 0) is 4.74 Å². The molecule has 1 aliphatic rings. The maximum absolute atomic E-state index is 5.80. The van der Waals surface area contributed by atoms with E-state index in [4.69, 9.17) is 4.74 Å². The predicted molar refractivity (Wildman–Crippen MR) is 93.8 cm³/mol. The molecule has 1 heterocycles. The average Bonchev–Trinajstić information content (AvgIpc) is 3.23. The van der Waals surface area contributed by atoms with Gasteiger partial charge in [0.1, 0.15) is 0 Å². The summed E-state index contributed by atoms with van der Waals surface area (Å²) in [5, 5.41) is 0. The summed E-state index contributed by atoms with van der Waals surface area (Å²) in [5.41, 5.74) is 0. The summed E-state index contributed by atoms with van der Waals surface area (Å²) in [4.78, 5) is 0. The molecule has 0 aliphatic carbocycles. The number of hydrogen-bond donors (Lipinski definition) is 0. The van der Waals surface area contributed by atoms with Gasteiger partial charge in [-0.15, -0.1) is 0 Å². The van der Waals surface area contributed by atoms with Gasteiger partial charge in [-0.1, -0.05) is 97.8 Å². The molecular weight excluding hydrogens is 256 g/mol. The van der Waals surface area contributed by atoms with Crippen LogP contribution in [0.5, 0.6) is 0 Å². The molecule has 0 bridgehead atoms. The second-order valence-electron chi connectivity index (χ2n) is 7.27. The second-order valence-corrected chi connectivity index (χ2v) is 7.27. The Morgan fingerprint density at radius 2 is 1.24 bits per heavy atom. The van der Waals surface area contributed by atoms with E-state index in [-0.39, 0.29) is 0 Å². The van der Waals surface area contributed by atoms with Crippen LogP contribution in [0, 0.1) is 5.92 Å². The Kier molecular flexibility index (Phi) is 11.3. The smallest absolute Gasteiger partial charge is 0.0841 e. The number of rotatable bonds is 15. The standard InChI is InChI=1S/C20H40O/c1-4-6-7-8-9-10-11-12-13-16-19-20(21-19)17-14-15-18(3)5-2/h18-20H,4-17H2,1-3H3. The van der Waals surface area contributed by atoms with Gasteiger partial charge in [-0.05, 0) is 18.8 Å². The fourth-order valence-corrected chi connectivity index (χ4v) is 3.21. The molecule has 1 nitrogen and oxygen atoms in total. The molecule has 0 amide bonds. The van der Waals surface area contributed by atoms with Crippen LogP contribution in [0.3, 0.4) is 0 Å². The zero-order valence-corrected chi connectivity index (χ0v) is 15.0. The molecule has 0 aromatic rings. The van der Waals surface area contributed by atoms with E-state index in [0.29, 0.717) is 12.2 Å². The van der Waals surface area contributed by atoms with Crippen molar-refractivity contribution in [2.75, 3.05) is 0 Å². The molecule has 0 aromatic heterocycles. The third-order valence-electron chi connectivity index (χ3n) is 5.16. The zero-order chi connectivity index (χ0) is 15.3. The number of epoxide rings is 1. The lowest BCUT2D eigenvalue weighted by molar-refractivity contribution is 0.344. The largest absolute Gasteiger partial charge is 0.370 e. The Labute approximate surface area is 134 Å². The molecule has 0 radical (unpaired) electrons. The highest BCUT2D eigenvalue weighted by Gasteiger charge is 2.36. The lowest BCUT2D eigenvalue weighted by Gasteiger charge is -2.06. The third-order valence-corrected chi connectivity index (χ3v) is 5.16. The van der Waals surface area contributed by atoms with E-state index in [1.165, 1.54) is 89.9 Å². The van der Waals surface area contributed by atoms with E-state index in [1.807, 2.05) is 0 Å². The van der Waals surface area contributed by atoms with Crippen LogP contribution >= 0.6 is 0 Å². The van der Waals surface area contributed by atoms with Gasteiger partial charge in [0.15, 0.2) is 0 Å². The summed E-state index contributed by atoms with van der Waals surface area (Å²) in [6.07, 6.45) is 20.8. The Bertz CT molecular complexity index is 226. The average molecular weight is 297 g/mol. The van der Waals surface area contributed by atoms with E-state index in [2.05, 4.69) is 20.8 Å². The van der Waals surface area contributed by atoms with E-state index < -0.39 is 0 Å². The normalized spacial score (nSPS) is 22.4. The molecule has 0 spiro atoms. The number of hydrogen-bond acceptors (Lipinski definition) is 1. The summed E-state index contributed by atoms with van der Waals surface area (Å²) < 4.78 is 5.80. The number of unbranched alkanes of at least 4 members (excludes halogenated alkanes) is 8. The lowest BCUT2D eigenvalue weighted by atomic mass is 9.99. The Hall–Kier alpha value is -0.0400. The SMILES string of the molecule is CCCCCCCCCCCC1OC1CCCC(C)CC. The fourth-order valence-electron chi connectivity index (χ4n) is 3.21. The van der Waals surface area contributed by atoms with Crippen molar-refractivity contribution in [2.45, 2.75) is 123 Å². The Morgan fingerprint density at radius 1 is 0.714 bits per heavy atom. The van der Waals surface area contributed by atoms with E-state index in [9.17, 15) is 0 Å².